The molecule has 1 aliphatic rings. The van der Waals surface area contributed by atoms with Gasteiger partial charge in [0, 0.05) is 35.7 Å². The van der Waals surface area contributed by atoms with Crippen molar-refractivity contribution in [3.05, 3.63) is 18.1 Å². The van der Waals surface area contributed by atoms with E-state index in [1.54, 1.807) is 0 Å². The first-order valence-corrected chi connectivity index (χ1v) is 8.69. The van der Waals surface area contributed by atoms with Crippen LogP contribution < -0.4 is 10.2 Å². The van der Waals surface area contributed by atoms with Gasteiger partial charge in [0.2, 0.25) is 0 Å². The molecule has 1 aliphatic heterocycles. The van der Waals surface area contributed by atoms with Crippen molar-refractivity contribution < 1.29 is 0 Å². The van der Waals surface area contributed by atoms with Gasteiger partial charge in [-0.25, -0.2) is 4.98 Å². The molecule has 1 aromatic heterocycles. The van der Waals surface area contributed by atoms with E-state index in [1.807, 2.05) is 12.4 Å². The molecule has 2 heterocycles. The fourth-order valence-electron chi connectivity index (χ4n) is 2.21. The molecule has 0 saturated carbocycles. The average molecular weight is 308 g/mol. The van der Waals surface area contributed by atoms with Crippen molar-refractivity contribution in [2.75, 3.05) is 23.7 Å². The molecule has 0 aliphatic carbocycles. The number of hydrogen-bond acceptors (Lipinski definition) is 5. The normalized spacial score (nSPS) is 19.4. The third-order valence-corrected chi connectivity index (χ3v) is 5.03. The van der Waals surface area contributed by atoms with Gasteiger partial charge in [0.1, 0.15) is 5.82 Å². The van der Waals surface area contributed by atoms with Crippen molar-refractivity contribution in [1.29, 1.82) is 0 Å². The summed E-state index contributed by atoms with van der Waals surface area (Å²) < 4.78 is 0.374. The maximum absolute atomic E-state index is 4.61. The van der Waals surface area contributed by atoms with Crippen molar-refractivity contribution >= 4 is 17.6 Å². The molecular formula is C16H28N4S. The molecule has 2 rings (SSSR count). The molecule has 21 heavy (non-hydrogen) atoms. The molecule has 1 N–H and O–H groups in total. The third-order valence-electron chi connectivity index (χ3n) is 3.65. The lowest BCUT2D eigenvalue weighted by atomic mass is 10.1. The van der Waals surface area contributed by atoms with E-state index in [9.17, 15) is 0 Å². The summed E-state index contributed by atoms with van der Waals surface area (Å²) in [5.41, 5.74) is 1.10. The number of nitrogens with zero attached hydrogens (tertiary/aromatic N) is 3. The van der Waals surface area contributed by atoms with E-state index in [-0.39, 0.29) is 5.54 Å². The van der Waals surface area contributed by atoms with Gasteiger partial charge >= 0.3 is 0 Å². The lowest BCUT2D eigenvalue weighted by Crippen LogP contribution is -2.35. The molecule has 0 bridgehead atoms. The number of anilines is 1. The Balaban J connectivity index is 1.95. The molecule has 0 unspecified atom stereocenters. The summed E-state index contributed by atoms with van der Waals surface area (Å²) >= 11 is 2.05. The van der Waals surface area contributed by atoms with Crippen LogP contribution in [0.3, 0.4) is 0 Å². The summed E-state index contributed by atoms with van der Waals surface area (Å²) in [4.78, 5) is 11.5. The Labute approximate surface area is 133 Å². The van der Waals surface area contributed by atoms with Crippen LogP contribution in [0.15, 0.2) is 12.4 Å². The number of rotatable bonds is 3. The first kappa shape index (κ1) is 16.6. The fraction of sp³-hybridized carbons (Fsp3) is 0.750. The van der Waals surface area contributed by atoms with Crippen LogP contribution in [0.2, 0.25) is 0 Å². The van der Waals surface area contributed by atoms with Crippen molar-refractivity contribution in [2.45, 2.75) is 57.9 Å². The monoisotopic (exact) mass is 308 g/mol. The molecule has 5 heteroatoms. The predicted molar refractivity (Wildman–Crippen MR) is 92.0 cm³/mol. The molecule has 1 saturated heterocycles. The molecule has 1 fully saturated rings. The Kier molecular flexibility index (Phi) is 5.15. The molecule has 0 amide bonds. The van der Waals surface area contributed by atoms with Crippen molar-refractivity contribution in [1.82, 2.24) is 15.3 Å². The van der Waals surface area contributed by atoms with Crippen LogP contribution in [0.25, 0.3) is 0 Å². The van der Waals surface area contributed by atoms with Crippen LogP contribution in [0, 0.1) is 0 Å². The quantitative estimate of drug-likeness (QED) is 0.929. The Bertz CT molecular complexity index is 450. The van der Waals surface area contributed by atoms with Gasteiger partial charge < -0.3 is 10.2 Å². The maximum Gasteiger partial charge on any atom is 0.147 e. The van der Waals surface area contributed by atoms with Gasteiger partial charge in [-0.15, -0.1) is 0 Å². The summed E-state index contributed by atoms with van der Waals surface area (Å²) in [5, 5.41) is 3.44. The van der Waals surface area contributed by atoms with Crippen LogP contribution in [-0.2, 0) is 6.54 Å². The lowest BCUT2D eigenvalue weighted by molar-refractivity contribution is 0.421. The molecule has 1 aromatic rings. The Morgan fingerprint density at radius 3 is 2.62 bits per heavy atom. The second-order valence-electron chi connectivity index (χ2n) is 7.31. The smallest absolute Gasteiger partial charge is 0.147 e. The highest BCUT2D eigenvalue weighted by molar-refractivity contribution is 8.00. The second kappa shape index (κ2) is 6.53. The number of hydrogen-bond donors (Lipinski definition) is 1. The van der Waals surface area contributed by atoms with Crippen LogP contribution in [0.1, 0.15) is 46.7 Å². The first-order valence-electron chi connectivity index (χ1n) is 7.70. The van der Waals surface area contributed by atoms with Crippen LogP contribution in [0.5, 0.6) is 0 Å². The van der Waals surface area contributed by atoms with Gasteiger partial charge in [-0.2, -0.15) is 11.8 Å². The fourth-order valence-corrected chi connectivity index (χ4v) is 3.31. The Morgan fingerprint density at radius 2 is 2.00 bits per heavy atom. The first-order chi connectivity index (χ1) is 9.75. The van der Waals surface area contributed by atoms with E-state index in [4.69, 9.17) is 0 Å². The highest BCUT2D eigenvalue weighted by Gasteiger charge is 2.24. The van der Waals surface area contributed by atoms with Crippen molar-refractivity contribution in [3.8, 4) is 0 Å². The summed E-state index contributed by atoms with van der Waals surface area (Å²) in [7, 11) is 0. The summed E-state index contributed by atoms with van der Waals surface area (Å²) in [6, 6.07) is 0. The highest BCUT2D eigenvalue weighted by atomic mass is 32.2. The molecule has 0 spiro atoms. The number of nitrogens with one attached hydrogen (secondary N) is 1. The molecule has 118 valence electrons. The third kappa shape index (κ3) is 5.47. The summed E-state index contributed by atoms with van der Waals surface area (Å²) in [6.45, 7) is 14.0. The van der Waals surface area contributed by atoms with Gasteiger partial charge in [-0.3, -0.25) is 4.98 Å². The van der Waals surface area contributed by atoms with Gasteiger partial charge in [-0.1, -0.05) is 13.8 Å². The van der Waals surface area contributed by atoms with Crippen molar-refractivity contribution in [3.63, 3.8) is 0 Å². The highest BCUT2D eigenvalue weighted by Crippen LogP contribution is 2.31. The van der Waals surface area contributed by atoms with E-state index in [2.05, 4.69) is 66.6 Å². The predicted octanol–water partition coefficient (Wildman–Crippen LogP) is 3.09. The molecule has 4 nitrogen and oxygen atoms in total. The van der Waals surface area contributed by atoms with Gasteiger partial charge in [0.05, 0.1) is 18.1 Å². The minimum absolute atomic E-state index is 0.105. The largest absolute Gasteiger partial charge is 0.354 e. The van der Waals surface area contributed by atoms with E-state index in [1.165, 1.54) is 6.42 Å². The van der Waals surface area contributed by atoms with Gasteiger partial charge in [0.15, 0.2) is 0 Å². The Hall–Kier alpha value is -0.810. The minimum atomic E-state index is 0.105. The SMILES string of the molecule is CC(C)(C)NCc1cnc(N2CCSC(C)(C)CC2)cn1. The number of thioether (sulfide) groups is 1. The standard InChI is InChI=1S/C16H28N4S/c1-15(2,3)19-11-13-10-18-14(12-17-13)20-7-6-16(4,5)21-9-8-20/h10,12,19H,6-9,11H2,1-5H3. The second-order valence-corrected chi connectivity index (χ2v) is 9.12. The molecule has 0 radical (unpaired) electrons. The molecule has 0 aromatic carbocycles. The molecular weight excluding hydrogens is 280 g/mol. The maximum atomic E-state index is 4.61. The van der Waals surface area contributed by atoms with E-state index in [0.29, 0.717) is 4.75 Å². The van der Waals surface area contributed by atoms with Crippen LogP contribution in [-0.4, -0.2) is 39.1 Å². The van der Waals surface area contributed by atoms with E-state index >= 15 is 0 Å². The lowest BCUT2D eigenvalue weighted by Gasteiger charge is -2.23. The van der Waals surface area contributed by atoms with Gasteiger partial charge in [-0.05, 0) is 27.2 Å². The minimum Gasteiger partial charge on any atom is -0.354 e. The summed E-state index contributed by atoms with van der Waals surface area (Å²) in [6.07, 6.45) is 5.01. The van der Waals surface area contributed by atoms with Gasteiger partial charge in [0.25, 0.3) is 0 Å². The summed E-state index contributed by atoms with van der Waals surface area (Å²) in [5.74, 6) is 2.16. The average Bonchev–Trinajstić information content (AvgIpc) is 2.57. The Morgan fingerprint density at radius 1 is 1.24 bits per heavy atom. The van der Waals surface area contributed by atoms with E-state index in [0.717, 1.165) is 36.9 Å². The zero-order valence-corrected chi connectivity index (χ0v) is 14.8. The van der Waals surface area contributed by atoms with Crippen LogP contribution >= 0.6 is 11.8 Å². The zero-order chi connectivity index (χ0) is 15.5. The number of aromatic nitrogens is 2. The van der Waals surface area contributed by atoms with Crippen molar-refractivity contribution in [2.24, 2.45) is 0 Å². The zero-order valence-electron chi connectivity index (χ0n) is 13.9. The van der Waals surface area contributed by atoms with E-state index < -0.39 is 0 Å². The van der Waals surface area contributed by atoms with Crippen LogP contribution in [0.4, 0.5) is 5.82 Å². The topological polar surface area (TPSA) is 41.1 Å². The molecule has 0 atom stereocenters.